The lowest BCUT2D eigenvalue weighted by Gasteiger charge is -2.23. The van der Waals surface area contributed by atoms with Gasteiger partial charge in [-0.3, -0.25) is 4.79 Å². The van der Waals surface area contributed by atoms with Gasteiger partial charge in [-0.25, -0.2) is 13.1 Å². The highest BCUT2D eigenvalue weighted by Gasteiger charge is 2.20. The fourth-order valence-electron chi connectivity index (χ4n) is 2.90. The number of thiophene rings is 1. The summed E-state index contributed by atoms with van der Waals surface area (Å²) in [7, 11) is -2.15. The van der Waals surface area contributed by atoms with Gasteiger partial charge < -0.3 is 9.64 Å². The molecule has 0 saturated heterocycles. The Labute approximate surface area is 181 Å². The highest BCUT2D eigenvalue weighted by molar-refractivity contribution is 7.89. The first-order chi connectivity index (χ1) is 14.5. The van der Waals surface area contributed by atoms with Crippen molar-refractivity contribution in [1.29, 1.82) is 0 Å². The third-order valence-corrected chi connectivity index (χ3v) is 6.75. The van der Waals surface area contributed by atoms with Crippen LogP contribution in [0.2, 0.25) is 0 Å². The molecule has 3 rings (SSSR count). The molecule has 0 aliphatic carbocycles. The Bertz CT molecular complexity index is 1050. The van der Waals surface area contributed by atoms with Crippen molar-refractivity contribution in [2.45, 2.75) is 18.0 Å². The summed E-state index contributed by atoms with van der Waals surface area (Å²) in [4.78, 5) is 15.8. The van der Waals surface area contributed by atoms with Gasteiger partial charge >= 0.3 is 0 Å². The van der Waals surface area contributed by atoms with Crippen molar-refractivity contribution in [1.82, 2.24) is 9.62 Å². The first kappa shape index (κ1) is 22.2. The maximum Gasteiger partial charge on any atom is 0.254 e. The molecule has 1 aromatic heterocycles. The van der Waals surface area contributed by atoms with E-state index < -0.39 is 10.0 Å². The van der Waals surface area contributed by atoms with Gasteiger partial charge in [0.05, 0.1) is 11.5 Å². The molecule has 0 aliphatic rings. The zero-order valence-electron chi connectivity index (χ0n) is 16.7. The van der Waals surface area contributed by atoms with Gasteiger partial charge in [-0.15, -0.1) is 11.3 Å². The van der Waals surface area contributed by atoms with Crippen LogP contribution in [-0.4, -0.2) is 39.5 Å². The van der Waals surface area contributed by atoms with E-state index in [0.29, 0.717) is 25.3 Å². The number of ether oxygens (including phenoxy) is 1. The first-order valence-electron chi connectivity index (χ1n) is 9.44. The van der Waals surface area contributed by atoms with E-state index in [1.165, 1.54) is 23.5 Å². The summed E-state index contributed by atoms with van der Waals surface area (Å²) in [5, 5.41) is 1.89. The van der Waals surface area contributed by atoms with Gasteiger partial charge in [0, 0.05) is 37.2 Å². The van der Waals surface area contributed by atoms with Crippen molar-refractivity contribution < 1.29 is 17.9 Å². The molecule has 0 bridgehead atoms. The number of carbonyl (C=O) groups is 1. The second-order valence-electron chi connectivity index (χ2n) is 6.64. The topological polar surface area (TPSA) is 75.7 Å². The molecule has 0 spiro atoms. The third-order valence-electron chi connectivity index (χ3n) is 4.48. The fourth-order valence-corrected chi connectivity index (χ4v) is 4.69. The van der Waals surface area contributed by atoms with Gasteiger partial charge in [0.2, 0.25) is 10.0 Å². The molecule has 1 N–H and O–H groups in total. The van der Waals surface area contributed by atoms with Gasteiger partial charge in [-0.2, -0.15) is 0 Å². The Morgan fingerprint density at radius 2 is 1.87 bits per heavy atom. The van der Waals surface area contributed by atoms with Crippen LogP contribution < -0.4 is 4.72 Å². The van der Waals surface area contributed by atoms with Crippen LogP contribution in [0, 0.1) is 0 Å². The molecule has 1 amide bonds. The van der Waals surface area contributed by atoms with Gasteiger partial charge in [0.15, 0.2) is 0 Å². The minimum absolute atomic E-state index is 0.0660. The van der Waals surface area contributed by atoms with Crippen LogP contribution >= 0.6 is 11.3 Å². The van der Waals surface area contributed by atoms with E-state index in [-0.39, 0.29) is 17.3 Å². The first-order valence-corrected chi connectivity index (χ1v) is 11.8. The van der Waals surface area contributed by atoms with Gasteiger partial charge in [-0.1, -0.05) is 42.5 Å². The van der Waals surface area contributed by atoms with Crippen molar-refractivity contribution in [3.8, 4) is 0 Å². The Morgan fingerprint density at radius 1 is 1.07 bits per heavy atom. The molecule has 2 aromatic carbocycles. The smallest absolute Gasteiger partial charge is 0.254 e. The normalized spacial score (nSPS) is 11.4. The number of carbonyl (C=O) groups excluding carboxylic acids is 1. The average molecular weight is 445 g/mol. The number of nitrogens with zero attached hydrogens (tertiary/aromatic N) is 1. The summed E-state index contributed by atoms with van der Waals surface area (Å²) in [6, 6.07) is 19.5. The lowest BCUT2D eigenvalue weighted by atomic mass is 10.1. The predicted molar refractivity (Wildman–Crippen MR) is 118 cm³/mol. The molecule has 30 heavy (non-hydrogen) atoms. The van der Waals surface area contributed by atoms with Crippen molar-refractivity contribution in [3.05, 3.63) is 88.1 Å². The van der Waals surface area contributed by atoms with Crippen LogP contribution in [0.15, 0.2) is 77.0 Å². The van der Waals surface area contributed by atoms with Crippen molar-refractivity contribution in [2.75, 3.05) is 20.3 Å². The molecule has 0 saturated carbocycles. The van der Waals surface area contributed by atoms with E-state index in [2.05, 4.69) is 4.72 Å². The number of hydrogen-bond acceptors (Lipinski definition) is 5. The molecular formula is C22H24N2O4S2. The van der Waals surface area contributed by atoms with E-state index >= 15 is 0 Å². The maximum atomic E-state index is 13.1. The van der Waals surface area contributed by atoms with E-state index in [9.17, 15) is 13.2 Å². The van der Waals surface area contributed by atoms with Crippen LogP contribution in [-0.2, 0) is 27.8 Å². The largest absolute Gasteiger partial charge is 0.383 e. The molecule has 0 fully saturated rings. The van der Waals surface area contributed by atoms with Crippen LogP contribution in [0.1, 0.15) is 20.8 Å². The molecule has 0 atom stereocenters. The van der Waals surface area contributed by atoms with Crippen LogP contribution in [0.5, 0.6) is 0 Å². The summed E-state index contributed by atoms with van der Waals surface area (Å²) in [6.45, 7) is 1.42. The fraction of sp³-hybridized carbons (Fsp3) is 0.227. The Balaban J connectivity index is 1.78. The quantitative estimate of drug-likeness (QED) is 0.519. The van der Waals surface area contributed by atoms with Crippen LogP contribution in [0.4, 0.5) is 0 Å². The number of benzene rings is 2. The van der Waals surface area contributed by atoms with Gasteiger partial charge in [0.1, 0.15) is 0 Å². The lowest BCUT2D eigenvalue weighted by Crippen LogP contribution is -2.33. The number of sulfonamides is 1. The zero-order valence-corrected chi connectivity index (χ0v) is 18.3. The Hall–Kier alpha value is -2.52. The molecule has 8 heteroatoms. The lowest BCUT2D eigenvalue weighted by molar-refractivity contribution is 0.0680. The molecular weight excluding hydrogens is 420 g/mol. The van der Waals surface area contributed by atoms with E-state index in [0.717, 1.165) is 10.4 Å². The highest BCUT2D eigenvalue weighted by Crippen LogP contribution is 2.16. The van der Waals surface area contributed by atoms with E-state index in [1.54, 1.807) is 24.1 Å². The third kappa shape index (κ3) is 5.99. The van der Waals surface area contributed by atoms with Gasteiger partial charge in [-0.05, 0) is 35.2 Å². The number of nitrogens with one attached hydrogen (secondary N) is 1. The SMILES string of the molecule is COCCN(Cc1ccccc1)C(=O)c1cccc(S(=O)(=O)NCc2cccs2)c1. The predicted octanol–water partition coefficient (Wildman–Crippen LogP) is 3.52. The van der Waals surface area contributed by atoms with E-state index in [1.807, 2.05) is 47.8 Å². The minimum atomic E-state index is -3.73. The van der Waals surface area contributed by atoms with E-state index in [4.69, 9.17) is 4.74 Å². The summed E-state index contributed by atoms with van der Waals surface area (Å²) in [5.41, 5.74) is 1.31. The molecule has 0 radical (unpaired) electrons. The molecule has 0 unspecified atom stereocenters. The minimum Gasteiger partial charge on any atom is -0.383 e. The summed E-state index contributed by atoms with van der Waals surface area (Å²) < 4.78 is 33.1. The number of rotatable bonds is 10. The highest BCUT2D eigenvalue weighted by atomic mass is 32.2. The summed E-state index contributed by atoms with van der Waals surface area (Å²) in [5.74, 6) is -0.244. The molecule has 158 valence electrons. The second kappa shape index (κ2) is 10.5. The monoisotopic (exact) mass is 444 g/mol. The molecule has 1 heterocycles. The van der Waals surface area contributed by atoms with Crippen LogP contribution in [0.25, 0.3) is 0 Å². The van der Waals surface area contributed by atoms with Crippen molar-refractivity contribution in [3.63, 3.8) is 0 Å². The Kier molecular flexibility index (Phi) is 7.75. The van der Waals surface area contributed by atoms with Crippen molar-refractivity contribution in [2.24, 2.45) is 0 Å². The summed E-state index contributed by atoms with van der Waals surface area (Å²) >= 11 is 1.48. The zero-order chi connectivity index (χ0) is 21.4. The number of hydrogen-bond donors (Lipinski definition) is 1. The van der Waals surface area contributed by atoms with Crippen molar-refractivity contribution >= 4 is 27.3 Å². The van der Waals surface area contributed by atoms with Crippen LogP contribution in [0.3, 0.4) is 0 Å². The molecule has 3 aromatic rings. The van der Waals surface area contributed by atoms with Gasteiger partial charge in [0.25, 0.3) is 5.91 Å². The standard InChI is InChI=1S/C22H24N2O4S2/c1-28-13-12-24(17-18-7-3-2-4-8-18)22(25)19-9-5-11-21(15-19)30(26,27)23-16-20-10-6-14-29-20/h2-11,14-15,23H,12-13,16-17H2,1H3. The summed E-state index contributed by atoms with van der Waals surface area (Å²) in [6.07, 6.45) is 0. The second-order valence-corrected chi connectivity index (χ2v) is 9.44. The average Bonchev–Trinajstić information content (AvgIpc) is 3.29. The Morgan fingerprint density at radius 3 is 2.57 bits per heavy atom. The maximum absolute atomic E-state index is 13.1. The molecule has 6 nitrogen and oxygen atoms in total. The number of methoxy groups -OCH3 is 1. The molecule has 0 aliphatic heterocycles. The number of amides is 1.